The molecule has 19 heavy (non-hydrogen) atoms. The molecule has 0 saturated heterocycles. The topological polar surface area (TPSA) is 85.1 Å². The molecular weight excluding hydrogens is 306 g/mol. The van der Waals surface area contributed by atoms with Gasteiger partial charge >= 0.3 is 0 Å². The van der Waals surface area contributed by atoms with Gasteiger partial charge in [-0.15, -0.1) is 11.3 Å². The number of hydrogen-bond acceptors (Lipinski definition) is 5. The number of anilines is 1. The summed E-state index contributed by atoms with van der Waals surface area (Å²) in [6, 6.07) is 4.58. The Morgan fingerprint density at radius 1 is 1.47 bits per heavy atom. The summed E-state index contributed by atoms with van der Waals surface area (Å²) in [6.07, 6.45) is 0. The number of benzene rings is 1. The highest BCUT2D eigenvalue weighted by Gasteiger charge is 2.20. The van der Waals surface area contributed by atoms with Crippen molar-refractivity contribution in [2.75, 3.05) is 5.73 Å². The zero-order valence-electron chi connectivity index (χ0n) is 10.1. The second-order valence-corrected chi connectivity index (χ2v) is 7.01. The van der Waals surface area contributed by atoms with Gasteiger partial charge in [0.25, 0.3) is 0 Å². The van der Waals surface area contributed by atoms with Crippen LogP contribution in [0.25, 0.3) is 0 Å². The summed E-state index contributed by atoms with van der Waals surface area (Å²) < 4.78 is 26.7. The van der Waals surface area contributed by atoms with Crippen LogP contribution in [0, 0.1) is 6.92 Å². The first-order valence-corrected chi connectivity index (χ1v) is 8.09. The number of aryl methyl sites for hydroxylation is 1. The van der Waals surface area contributed by atoms with E-state index in [0.717, 1.165) is 5.01 Å². The maximum absolute atomic E-state index is 12.2. The number of nitrogens with two attached hydrogens (primary N) is 1. The number of rotatable bonds is 4. The molecule has 0 atom stereocenters. The minimum absolute atomic E-state index is 0.0939. The van der Waals surface area contributed by atoms with Gasteiger partial charge in [0.1, 0.15) is 4.90 Å². The van der Waals surface area contributed by atoms with E-state index in [2.05, 4.69) is 9.71 Å². The van der Waals surface area contributed by atoms with Crippen LogP contribution in [0.1, 0.15) is 10.7 Å². The van der Waals surface area contributed by atoms with Crippen LogP contribution in [-0.2, 0) is 16.6 Å². The van der Waals surface area contributed by atoms with Crippen molar-refractivity contribution in [3.05, 3.63) is 39.3 Å². The average Bonchev–Trinajstić information content (AvgIpc) is 2.72. The van der Waals surface area contributed by atoms with E-state index in [1.54, 1.807) is 11.4 Å². The zero-order chi connectivity index (χ0) is 14.0. The molecule has 3 N–H and O–H groups in total. The number of hydrogen-bond donors (Lipinski definition) is 2. The minimum atomic E-state index is -3.75. The number of sulfonamides is 1. The van der Waals surface area contributed by atoms with Crippen molar-refractivity contribution in [1.82, 2.24) is 9.71 Å². The maximum atomic E-state index is 12.2. The van der Waals surface area contributed by atoms with Gasteiger partial charge in [-0.25, -0.2) is 18.1 Å². The number of aromatic nitrogens is 1. The van der Waals surface area contributed by atoms with Gasteiger partial charge in [0.15, 0.2) is 0 Å². The third kappa shape index (κ3) is 3.24. The van der Waals surface area contributed by atoms with Crippen LogP contribution >= 0.6 is 22.9 Å². The van der Waals surface area contributed by atoms with E-state index < -0.39 is 10.0 Å². The lowest BCUT2D eigenvalue weighted by atomic mass is 10.3. The van der Waals surface area contributed by atoms with Crippen LogP contribution in [0.15, 0.2) is 28.5 Å². The molecule has 8 heteroatoms. The summed E-state index contributed by atoms with van der Waals surface area (Å²) in [7, 11) is -3.75. The Balaban J connectivity index is 2.23. The predicted molar refractivity (Wildman–Crippen MR) is 76.7 cm³/mol. The Hall–Kier alpha value is -1.15. The van der Waals surface area contributed by atoms with Gasteiger partial charge in [0.2, 0.25) is 10.0 Å². The summed E-state index contributed by atoms with van der Waals surface area (Å²) >= 11 is 7.35. The first-order chi connectivity index (χ1) is 8.90. The van der Waals surface area contributed by atoms with Crippen LogP contribution in [0.4, 0.5) is 5.69 Å². The molecule has 0 amide bonds. The van der Waals surface area contributed by atoms with Crippen LogP contribution in [0.5, 0.6) is 0 Å². The maximum Gasteiger partial charge on any atom is 0.244 e. The van der Waals surface area contributed by atoms with Gasteiger partial charge in [-0.3, -0.25) is 0 Å². The van der Waals surface area contributed by atoms with Crippen molar-refractivity contribution in [3.63, 3.8) is 0 Å². The molecule has 0 bridgehead atoms. The van der Waals surface area contributed by atoms with Crippen molar-refractivity contribution >= 4 is 38.6 Å². The molecular formula is C11H12ClN3O2S2. The van der Waals surface area contributed by atoms with Crippen molar-refractivity contribution in [3.8, 4) is 0 Å². The molecule has 0 fully saturated rings. The van der Waals surface area contributed by atoms with Crippen molar-refractivity contribution < 1.29 is 8.42 Å². The summed E-state index contributed by atoms with van der Waals surface area (Å²) in [4.78, 5) is 4.09. The molecule has 1 aromatic carbocycles. The Morgan fingerprint density at radius 3 is 2.79 bits per heavy atom. The minimum Gasteiger partial charge on any atom is -0.398 e. The van der Waals surface area contributed by atoms with E-state index in [4.69, 9.17) is 17.3 Å². The first-order valence-electron chi connectivity index (χ1n) is 5.35. The van der Waals surface area contributed by atoms with Crippen molar-refractivity contribution in [1.29, 1.82) is 0 Å². The highest BCUT2D eigenvalue weighted by atomic mass is 35.5. The molecule has 0 spiro atoms. The Morgan fingerprint density at radius 2 is 2.21 bits per heavy atom. The molecule has 1 aromatic heterocycles. The Bertz CT molecular complexity index is 677. The molecule has 2 aromatic rings. The molecule has 2 rings (SSSR count). The first kappa shape index (κ1) is 14.3. The van der Waals surface area contributed by atoms with Crippen LogP contribution < -0.4 is 10.5 Å². The molecule has 0 radical (unpaired) electrons. The van der Waals surface area contributed by atoms with Crippen molar-refractivity contribution in [2.45, 2.75) is 18.4 Å². The van der Waals surface area contributed by atoms with Gasteiger partial charge in [0.05, 0.1) is 28.0 Å². The smallest absolute Gasteiger partial charge is 0.244 e. The fourth-order valence-corrected chi connectivity index (χ4v) is 3.82. The highest BCUT2D eigenvalue weighted by molar-refractivity contribution is 7.89. The fourth-order valence-electron chi connectivity index (χ4n) is 1.54. The Kier molecular flexibility index (Phi) is 4.10. The number of halogens is 1. The van der Waals surface area contributed by atoms with Gasteiger partial charge < -0.3 is 5.73 Å². The van der Waals surface area contributed by atoms with Gasteiger partial charge in [-0.05, 0) is 19.1 Å². The average molecular weight is 318 g/mol. The van der Waals surface area contributed by atoms with Crippen LogP contribution in [-0.4, -0.2) is 13.4 Å². The lowest BCUT2D eigenvalue weighted by Gasteiger charge is -2.09. The molecule has 0 aliphatic heterocycles. The van der Waals surface area contributed by atoms with Crippen molar-refractivity contribution in [2.24, 2.45) is 0 Å². The monoisotopic (exact) mass is 317 g/mol. The zero-order valence-corrected chi connectivity index (χ0v) is 12.4. The molecule has 102 valence electrons. The number of thiazole rings is 1. The number of nitrogen functional groups attached to an aromatic ring is 1. The second-order valence-electron chi connectivity index (χ2n) is 3.84. The normalized spacial score (nSPS) is 11.7. The van der Waals surface area contributed by atoms with E-state index in [-0.39, 0.29) is 22.2 Å². The SMILES string of the molecule is Cc1nc(CNS(=O)(=O)c2c(N)cccc2Cl)cs1. The predicted octanol–water partition coefficient (Wildman–Crippen LogP) is 2.17. The van der Waals surface area contributed by atoms with Gasteiger partial charge in [-0.1, -0.05) is 17.7 Å². The summed E-state index contributed by atoms with van der Waals surface area (Å²) in [5.74, 6) is 0. The highest BCUT2D eigenvalue weighted by Crippen LogP contribution is 2.26. The molecule has 0 saturated carbocycles. The third-order valence-electron chi connectivity index (χ3n) is 2.38. The van der Waals surface area contributed by atoms with E-state index in [1.807, 2.05) is 6.92 Å². The molecule has 0 aliphatic carbocycles. The molecule has 5 nitrogen and oxygen atoms in total. The summed E-state index contributed by atoms with van der Waals surface area (Å²) in [6.45, 7) is 1.96. The Labute approximate surface area is 120 Å². The van der Waals surface area contributed by atoms with E-state index in [1.165, 1.54) is 23.5 Å². The van der Waals surface area contributed by atoms with Crippen LogP contribution in [0.3, 0.4) is 0 Å². The quantitative estimate of drug-likeness (QED) is 0.846. The number of nitrogens with one attached hydrogen (secondary N) is 1. The van der Waals surface area contributed by atoms with E-state index in [9.17, 15) is 8.42 Å². The lowest BCUT2D eigenvalue weighted by Crippen LogP contribution is -2.24. The van der Waals surface area contributed by atoms with E-state index in [0.29, 0.717) is 5.69 Å². The molecule has 1 heterocycles. The molecule has 0 aliphatic rings. The fraction of sp³-hybridized carbons (Fsp3) is 0.182. The summed E-state index contributed by atoms with van der Waals surface area (Å²) in [5.41, 5.74) is 6.45. The largest absolute Gasteiger partial charge is 0.398 e. The second kappa shape index (κ2) is 5.46. The summed E-state index contributed by atoms with van der Waals surface area (Å²) in [5, 5.41) is 2.78. The van der Waals surface area contributed by atoms with Gasteiger partial charge in [-0.2, -0.15) is 0 Å². The molecule has 0 unspecified atom stereocenters. The number of nitrogens with zero attached hydrogens (tertiary/aromatic N) is 1. The van der Waals surface area contributed by atoms with Crippen LogP contribution in [0.2, 0.25) is 5.02 Å². The van der Waals surface area contributed by atoms with Gasteiger partial charge in [0, 0.05) is 5.38 Å². The lowest BCUT2D eigenvalue weighted by molar-refractivity contribution is 0.581. The third-order valence-corrected chi connectivity index (χ3v) is 5.14. The van der Waals surface area contributed by atoms with E-state index >= 15 is 0 Å². The standard InChI is InChI=1S/C11H12ClN3O2S2/c1-7-15-8(6-18-7)5-14-19(16,17)11-9(12)3-2-4-10(11)13/h2-4,6,14H,5,13H2,1H3.